The van der Waals surface area contributed by atoms with Crippen molar-refractivity contribution in [2.24, 2.45) is 5.92 Å². The highest BCUT2D eigenvalue weighted by Gasteiger charge is 2.18. The standard InChI is InChI=1S/C10H13NS/c1-2-10-11-9(7-12-10)6-8-4-3-5-8/h2,7-8H,1,3-6H2. The Kier molecular flexibility index (Phi) is 2.26. The van der Waals surface area contributed by atoms with E-state index in [0.717, 1.165) is 10.9 Å². The van der Waals surface area contributed by atoms with Crippen molar-refractivity contribution < 1.29 is 0 Å². The van der Waals surface area contributed by atoms with E-state index < -0.39 is 0 Å². The summed E-state index contributed by atoms with van der Waals surface area (Å²) in [6.45, 7) is 3.71. The quantitative estimate of drug-likeness (QED) is 0.694. The summed E-state index contributed by atoms with van der Waals surface area (Å²) in [7, 11) is 0. The Hall–Kier alpha value is -0.630. The van der Waals surface area contributed by atoms with Crippen molar-refractivity contribution in [3.8, 4) is 0 Å². The summed E-state index contributed by atoms with van der Waals surface area (Å²) < 4.78 is 0. The molecule has 0 bridgehead atoms. The van der Waals surface area contributed by atoms with Crippen LogP contribution in [0.25, 0.3) is 6.08 Å². The van der Waals surface area contributed by atoms with E-state index in [-0.39, 0.29) is 0 Å². The Balaban J connectivity index is 1.97. The molecule has 12 heavy (non-hydrogen) atoms. The zero-order valence-corrected chi connectivity index (χ0v) is 7.94. The van der Waals surface area contributed by atoms with E-state index in [1.807, 2.05) is 6.08 Å². The molecule has 1 aromatic heterocycles. The summed E-state index contributed by atoms with van der Waals surface area (Å²) in [6.07, 6.45) is 7.24. The van der Waals surface area contributed by atoms with Gasteiger partial charge in [-0.05, 0) is 18.4 Å². The topological polar surface area (TPSA) is 12.9 Å². The molecule has 0 spiro atoms. The van der Waals surface area contributed by atoms with E-state index in [1.165, 1.54) is 31.4 Å². The molecule has 1 aromatic rings. The first kappa shape index (κ1) is 7.99. The molecular weight excluding hydrogens is 166 g/mol. The van der Waals surface area contributed by atoms with Gasteiger partial charge in [-0.1, -0.05) is 25.8 Å². The number of rotatable bonds is 3. The van der Waals surface area contributed by atoms with Crippen LogP contribution in [0.4, 0.5) is 0 Å². The van der Waals surface area contributed by atoms with Gasteiger partial charge in [-0.25, -0.2) is 4.98 Å². The Morgan fingerprint density at radius 2 is 2.50 bits per heavy atom. The summed E-state index contributed by atoms with van der Waals surface area (Å²) in [4.78, 5) is 4.45. The van der Waals surface area contributed by atoms with Crippen molar-refractivity contribution in [1.82, 2.24) is 4.98 Å². The molecule has 2 rings (SSSR count). The van der Waals surface area contributed by atoms with Crippen LogP contribution in [0, 0.1) is 5.92 Å². The molecule has 0 saturated heterocycles. The lowest BCUT2D eigenvalue weighted by Gasteiger charge is -2.24. The van der Waals surface area contributed by atoms with Gasteiger partial charge in [0.2, 0.25) is 0 Å². The highest BCUT2D eigenvalue weighted by atomic mass is 32.1. The van der Waals surface area contributed by atoms with Crippen LogP contribution in [-0.2, 0) is 6.42 Å². The monoisotopic (exact) mass is 179 g/mol. The van der Waals surface area contributed by atoms with Crippen molar-refractivity contribution in [1.29, 1.82) is 0 Å². The summed E-state index contributed by atoms with van der Waals surface area (Å²) in [6, 6.07) is 0. The SMILES string of the molecule is C=Cc1nc(CC2CCC2)cs1. The number of hydrogen-bond donors (Lipinski definition) is 0. The van der Waals surface area contributed by atoms with Crippen LogP contribution in [0.5, 0.6) is 0 Å². The predicted molar refractivity (Wildman–Crippen MR) is 53.3 cm³/mol. The van der Waals surface area contributed by atoms with Gasteiger partial charge in [0.15, 0.2) is 0 Å². The molecule has 1 aliphatic carbocycles. The first-order valence-corrected chi connectivity index (χ1v) is 5.33. The molecule has 2 heteroatoms. The second kappa shape index (κ2) is 3.40. The second-order valence-electron chi connectivity index (χ2n) is 3.38. The fourth-order valence-corrected chi connectivity index (χ4v) is 2.17. The first-order chi connectivity index (χ1) is 5.88. The fourth-order valence-electron chi connectivity index (χ4n) is 1.50. The number of aromatic nitrogens is 1. The van der Waals surface area contributed by atoms with Crippen LogP contribution in [0.1, 0.15) is 30.0 Å². The second-order valence-corrected chi connectivity index (χ2v) is 4.27. The Morgan fingerprint density at radius 1 is 1.67 bits per heavy atom. The summed E-state index contributed by atoms with van der Waals surface area (Å²) >= 11 is 1.70. The van der Waals surface area contributed by atoms with E-state index >= 15 is 0 Å². The lowest BCUT2D eigenvalue weighted by molar-refractivity contribution is 0.312. The normalized spacial score (nSPS) is 17.3. The molecule has 0 atom stereocenters. The average Bonchev–Trinajstić information content (AvgIpc) is 2.44. The zero-order chi connectivity index (χ0) is 8.39. The van der Waals surface area contributed by atoms with Crippen LogP contribution in [0.2, 0.25) is 0 Å². The van der Waals surface area contributed by atoms with E-state index in [9.17, 15) is 0 Å². The maximum Gasteiger partial charge on any atom is 0.115 e. The Morgan fingerprint density at radius 3 is 3.00 bits per heavy atom. The lowest BCUT2D eigenvalue weighted by atomic mass is 9.82. The van der Waals surface area contributed by atoms with Gasteiger partial charge in [0.05, 0.1) is 5.69 Å². The minimum absolute atomic E-state index is 0.921. The third kappa shape index (κ3) is 1.58. The summed E-state index contributed by atoms with van der Waals surface area (Å²) in [5.74, 6) is 0.921. The third-order valence-corrected chi connectivity index (χ3v) is 3.36. The summed E-state index contributed by atoms with van der Waals surface area (Å²) in [5, 5.41) is 3.22. The number of hydrogen-bond acceptors (Lipinski definition) is 2. The van der Waals surface area contributed by atoms with E-state index in [0.29, 0.717) is 0 Å². The molecule has 64 valence electrons. The van der Waals surface area contributed by atoms with Gasteiger partial charge in [0.25, 0.3) is 0 Å². The van der Waals surface area contributed by atoms with Gasteiger partial charge in [-0.3, -0.25) is 0 Å². The smallest absolute Gasteiger partial charge is 0.115 e. The lowest BCUT2D eigenvalue weighted by Crippen LogP contribution is -2.13. The van der Waals surface area contributed by atoms with Crippen molar-refractivity contribution in [3.63, 3.8) is 0 Å². The fraction of sp³-hybridized carbons (Fsp3) is 0.500. The van der Waals surface area contributed by atoms with Crippen LogP contribution < -0.4 is 0 Å². The largest absolute Gasteiger partial charge is 0.242 e. The maximum atomic E-state index is 4.45. The van der Waals surface area contributed by atoms with Gasteiger partial charge in [-0.15, -0.1) is 11.3 Å². The molecule has 0 amide bonds. The average molecular weight is 179 g/mol. The molecular formula is C10H13NS. The minimum Gasteiger partial charge on any atom is -0.242 e. The van der Waals surface area contributed by atoms with Crippen LogP contribution in [0.3, 0.4) is 0 Å². The summed E-state index contributed by atoms with van der Waals surface area (Å²) in [5.41, 5.74) is 1.26. The number of nitrogens with zero attached hydrogens (tertiary/aromatic N) is 1. The highest BCUT2D eigenvalue weighted by Crippen LogP contribution is 2.29. The maximum absolute atomic E-state index is 4.45. The van der Waals surface area contributed by atoms with E-state index in [1.54, 1.807) is 11.3 Å². The van der Waals surface area contributed by atoms with Crippen molar-refractivity contribution in [2.75, 3.05) is 0 Å². The van der Waals surface area contributed by atoms with Crippen molar-refractivity contribution in [3.05, 3.63) is 22.7 Å². The third-order valence-electron chi connectivity index (χ3n) is 2.47. The molecule has 0 radical (unpaired) electrons. The van der Waals surface area contributed by atoms with Crippen molar-refractivity contribution in [2.45, 2.75) is 25.7 Å². The van der Waals surface area contributed by atoms with E-state index in [4.69, 9.17) is 0 Å². The van der Waals surface area contributed by atoms with Gasteiger partial charge in [0.1, 0.15) is 5.01 Å². The van der Waals surface area contributed by atoms with Crippen molar-refractivity contribution >= 4 is 17.4 Å². The molecule has 1 heterocycles. The predicted octanol–water partition coefficient (Wildman–Crippen LogP) is 3.13. The molecule has 1 saturated carbocycles. The molecule has 1 fully saturated rings. The van der Waals surface area contributed by atoms with Gasteiger partial charge < -0.3 is 0 Å². The van der Waals surface area contributed by atoms with E-state index in [2.05, 4.69) is 16.9 Å². The van der Waals surface area contributed by atoms with Crippen LogP contribution in [0.15, 0.2) is 12.0 Å². The van der Waals surface area contributed by atoms with Crippen LogP contribution >= 0.6 is 11.3 Å². The minimum atomic E-state index is 0.921. The zero-order valence-electron chi connectivity index (χ0n) is 7.12. The number of thiazole rings is 1. The molecule has 0 N–H and O–H groups in total. The molecule has 1 aliphatic rings. The Bertz CT molecular complexity index is 273. The van der Waals surface area contributed by atoms with Crippen LogP contribution in [-0.4, -0.2) is 4.98 Å². The molecule has 0 aliphatic heterocycles. The molecule has 0 unspecified atom stereocenters. The van der Waals surface area contributed by atoms with Gasteiger partial charge in [-0.2, -0.15) is 0 Å². The highest BCUT2D eigenvalue weighted by molar-refractivity contribution is 7.10. The molecule has 0 aromatic carbocycles. The Labute approximate surface area is 77.2 Å². The molecule has 1 nitrogen and oxygen atoms in total. The first-order valence-electron chi connectivity index (χ1n) is 4.45. The van der Waals surface area contributed by atoms with Gasteiger partial charge >= 0.3 is 0 Å². The van der Waals surface area contributed by atoms with Gasteiger partial charge in [0, 0.05) is 5.38 Å².